The first-order valence-electron chi connectivity index (χ1n) is 9.00. The minimum absolute atomic E-state index is 0.194. The number of sulfonamides is 1. The average Bonchev–Trinajstić information content (AvgIpc) is 3.13. The SMILES string of the molecule is Cc1ccc(S(=O)(=O)Nc2ccc(C(=O)Nc3nnc(C(C)C)s3)cc2)cc1C. The van der Waals surface area contributed by atoms with E-state index in [1.54, 1.807) is 42.5 Å². The molecule has 1 amide bonds. The Morgan fingerprint density at radius 1 is 1.00 bits per heavy atom. The predicted octanol–water partition coefficient (Wildman–Crippen LogP) is 4.33. The minimum atomic E-state index is -3.71. The molecule has 0 aliphatic rings. The number of nitrogens with one attached hydrogen (secondary N) is 2. The number of aryl methyl sites for hydroxylation is 2. The van der Waals surface area contributed by atoms with Gasteiger partial charge in [0.25, 0.3) is 15.9 Å². The first-order valence-corrected chi connectivity index (χ1v) is 11.3. The number of benzene rings is 2. The van der Waals surface area contributed by atoms with Crippen LogP contribution >= 0.6 is 11.3 Å². The molecule has 0 atom stereocenters. The van der Waals surface area contributed by atoms with Crippen molar-refractivity contribution in [3.8, 4) is 0 Å². The molecule has 3 rings (SSSR count). The Morgan fingerprint density at radius 3 is 2.28 bits per heavy atom. The average molecular weight is 431 g/mol. The fourth-order valence-electron chi connectivity index (χ4n) is 2.47. The standard InChI is InChI=1S/C20H22N4O3S2/c1-12(2)19-22-23-20(28-19)21-18(25)15-6-8-16(9-7-15)24-29(26,27)17-10-5-13(3)14(4)11-17/h5-12,24H,1-4H3,(H,21,23,25). The quantitative estimate of drug-likeness (QED) is 0.606. The van der Waals surface area contributed by atoms with Crippen molar-refractivity contribution in [2.75, 3.05) is 10.0 Å². The molecule has 0 radical (unpaired) electrons. The molecular weight excluding hydrogens is 408 g/mol. The molecule has 29 heavy (non-hydrogen) atoms. The van der Waals surface area contributed by atoms with Gasteiger partial charge in [0.2, 0.25) is 5.13 Å². The summed E-state index contributed by atoms with van der Waals surface area (Å²) in [4.78, 5) is 12.6. The third-order valence-electron chi connectivity index (χ3n) is 4.34. The largest absolute Gasteiger partial charge is 0.296 e. The van der Waals surface area contributed by atoms with Gasteiger partial charge in [0.05, 0.1) is 4.90 Å². The van der Waals surface area contributed by atoms with Crippen LogP contribution in [0, 0.1) is 13.8 Å². The first kappa shape index (κ1) is 20.9. The lowest BCUT2D eigenvalue weighted by atomic mass is 10.1. The molecule has 0 bridgehead atoms. The molecule has 0 aliphatic carbocycles. The second-order valence-electron chi connectivity index (χ2n) is 6.98. The van der Waals surface area contributed by atoms with Crippen molar-refractivity contribution in [3.05, 3.63) is 64.2 Å². The lowest BCUT2D eigenvalue weighted by Gasteiger charge is -2.10. The Morgan fingerprint density at radius 2 is 1.69 bits per heavy atom. The third-order valence-corrected chi connectivity index (χ3v) is 6.86. The highest BCUT2D eigenvalue weighted by atomic mass is 32.2. The second kappa shape index (κ2) is 8.30. The number of hydrogen-bond acceptors (Lipinski definition) is 6. The Labute approximate surface area is 174 Å². The molecule has 2 aromatic carbocycles. The fourth-order valence-corrected chi connectivity index (χ4v) is 4.36. The van der Waals surface area contributed by atoms with E-state index >= 15 is 0 Å². The van der Waals surface area contributed by atoms with Crippen LogP contribution in [0.3, 0.4) is 0 Å². The van der Waals surface area contributed by atoms with E-state index in [0.717, 1.165) is 16.1 Å². The van der Waals surface area contributed by atoms with Crippen LogP contribution in [0.2, 0.25) is 0 Å². The summed E-state index contributed by atoms with van der Waals surface area (Å²) in [6, 6.07) is 11.2. The maximum absolute atomic E-state index is 12.6. The van der Waals surface area contributed by atoms with Gasteiger partial charge in [0, 0.05) is 17.2 Å². The van der Waals surface area contributed by atoms with Crippen molar-refractivity contribution in [2.45, 2.75) is 38.5 Å². The van der Waals surface area contributed by atoms with Crippen LogP contribution in [0.1, 0.15) is 46.3 Å². The maximum Gasteiger partial charge on any atom is 0.261 e. The van der Waals surface area contributed by atoms with Crippen LogP contribution in [-0.2, 0) is 10.0 Å². The van der Waals surface area contributed by atoms with Gasteiger partial charge in [-0.2, -0.15) is 0 Å². The van der Waals surface area contributed by atoms with E-state index in [1.807, 2.05) is 27.7 Å². The fraction of sp³-hybridized carbons (Fsp3) is 0.250. The molecular formula is C20H22N4O3S2. The summed E-state index contributed by atoms with van der Waals surface area (Å²) < 4.78 is 27.7. The summed E-state index contributed by atoms with van der Waals surface area (Å²) in [5.74, 6) is -0.0946. The van der Waals surface area contributed by atoms with Gasteiger partial charge in [0.15, 0.2) is 0 Å². The molecule has 0 spiro atoms. The van der Waals surface area contributed by atoms with Crippen molar-refractivity contribution < 1.29 is 13.2 Å². The molecule has 0 aliphatic heterocycles. The highest BCUT2D eigenvalue weighted by molar-refractivity contribution is 7.92. The van der Waals surface area contributed by atoms with Crippen molar-refractivity contribution in [3.63, 3.8) is 0 Å². The van der Waals surface area contributed by atoms with E-state index in [0.29, 0.717) is 16.4 Å². The van der Waals surface area contributed by atoms with Crippen LogP contribution in [0.15, 0.2) is 47.4 Å². The van der Waals surface area contributed by atoms with Gasteiger partial charge in [-0.15, -0.1) is 10.2 Å². The summed E-state index contributed by atoms with van der Waals surface area (Å²) in [5.41, 5.74) is 2.69. The molecule has 152 valence electrons. The lowest BCUT2D eigenvalue weighted by molar-refractivity contribution is 0.102. The number of carbonyl (C=O) groups is 1. The van der Waals surface area contributed by atoms with Crippen LogP contribution in [0.5, 0.6) is 0 Å². The Kier molecular flexibility index (Phi) is 5.99. The Hall–Kier alpha value is -2.78. The van der Waals surface area contributed by atoms with Crippen molar-refractivity contribution in [1.29, 1.82) is 0 Å². The van der Waals surface area contributed by atoms with E-state index in [1.165, 1.54) is 11.3 Å². The molecule has 0 saturated carbocycles. The van der Waals surface area contributed by atoms with E-state index in [4.69, 9.17) is 0 Å². The molecule has 1 aromatic heterocycles. The van der Waals surface area contributed by atoms with Crippen molar-refractivity contribution >= 4 is 38.1 Å². The number of amides is 1. The molecule has 0 fully saturated rings. The molecule has 9 heteroatoms. The summed E-state index contributed by atoms with van der Waals surface area (Å²) in [7, 11) is -3.71. The molecule has 0 unspecified atom stereocenters. The van der Waals surface area contributed by atoms with E-state index < -0.39 is 10.0 Å². The van der Waals surface area contributed by atoms with Gasteiger partial charge in [-0.05, 0) is 61.4 Å². The topological polar surface area (TPSA) is 101 Å². The number of carbonyl (C=O) groups excluding carboxylic acids is 1. The van der Waals surface area contributed by atoms with Crippen LogP contribution < -0.4 is 10.0 Å². The number of aromatic nitrogens is 2. The van der Waals surface area contributed by atoms with Gasteiger partial charge in [-0.3, -0.25) is 14.8 Å². The molecule has 2 N–H and O–H groups in total. The zero-order valence-corrected chi connectivity index (χ0v) is 18.2. The molecule has 3 aromatic rings. The van der Waals surface area contributed by atoms with Crippen LogP contribution in [-0.4, -0.2) is 24.5 Å². The Bertz CT molecular complexity index is 1140. The van der Waals surface area contributed by atoms with Crippen LogP contribution in [0.25, 0.3) is 0 Å². The highest BCUT2D eigenvalue weighted by Gasteiger charge is 2.16. The van der Waals surface area contributed by atoms with Gasteiger partial charge in [-0.1, -0.05) is 31.3 Å². The normalized spacial score (nSPS) is 11.5. The maximum atomic E-state index is 12.6. The van der Waals surface area contributed by atoms with Gasteiger partial charge in [-0.25, -0.2) is 8.42 Å². The summed E-state index contributed by atoms with van der Waals surface area (Å²) in [6.07, 6.45) is 0. The van der Waals surface area contributed by atoms with E-state index in [2.05, 4.69) is 20.2 Å². The smallest absolute Gasteiger partial charge is 0.261 e. The molecule has 0 saturated heterocycles. The monoisotopic (exact) mass is 430 g/mol. The Balaban J connectivity index is 1.70. The van der Waals surface area contributed by atoms with Crippen molar-refractivity contribution in [1.82, 2.24) is 10.2 Å². The lowest BCUT2D eigenvalue weighted by Crippen LogP contribution is -2.14. The summed E-state index contributed by atoms with van der Waals surface area (Å²) in [5, 5.41) is 12.0. The number of hydrogen-bond donors (Lipinski definition) is 2. The number of nitrogens with zero attached hydrogens (tertiary/aromatic N) is 2. The second-order valence-corrected chi connectivity index (χ2v) is 9.67. The van der Waals surface area contributed by atoms with Crippen molar-refractivity contribution in [2.24, 2.45) is 0 Å². The van der Waals surface area contributed by atoms with Gasteiger partial charge in [0.1, 0.15) is 5.01 Å². The highest BCUT2D eigenvalue weighted by Crippen LogP contribution is 2.23. The third kappa shape index (κ3) is 4.99. The molecule has 1 heterocycles. The van der Waals surface area contributed by atoms with E-state index in [-0.39, 0.29) is 16.7 Å². The predicted molar refractivity (Wildman–Crippen MR) is 115 cm³/mol. The molecule has 7 nitrogen and oxygen atoms in total. The van der Waals surface area contributed by atoms with Crippen LogP contribution in [0.4, 0.5) is 10.8 Å². The summed E-state index contributed by atoms with van der Waals surface area (Å²) >= 11 is 1.33. The zero-order valence-electron chi connectivity index (χ0n) is 16.6. The van der Waals surface area contributed by atoms with Gasteiger partial charge >= 0.3 is 0 Å². The summed E-state index contributed by atoms with van der Waals surface area (Å²) in [6.45, 7) is 7.80. The number of anilines is 2. The zero-order chi connectivity index (χ0) is 21.2. The number of rotatable bonds is 6. The minimum Gasteiger partial charge on any atom is -0.296 e. The van der Waals surface area contributed by atoms with Gasteiger partial charge < -0.3 is 0 Å². The first-order chi connectivity index (χ1) is 13.7. The van der Waals surface area contributed by atoms with E-state index in [9.17, 15) is 13.2 Å².